The van der Waals surface area contributed by atoms with Crippen molar-refractivity contribution in [3.63, 3.8) is 0 Å². The summed E-state index contributed by atoms with van der Waals surface area (Å²) in [6, 6.07) is 12.2. The van der Waals surface area contributed by atoms with Gasteiger partial charge >= 0.3 is 0 Å². The number of aryl methyl sites for hydroxylation is 1. The molecule has 0 aliphatic heterocycles. The zero-order valence-corrected chi connectivity index (χ0v) is 11.4. The summed E-state index contributed by atoms with van der Waals surface area (Å²) >= 11 is 5.98. The minimum absolute atomic E-state index is 0.0980. The van der Waals surface area contributed by atoms with Gasteiger partial charge in [0.15, 0.2) is 0 Å². The van der Waals surface area contributed by atoms with Crippen molar-refractivity contribution in [2.75, 3.05) is 0 Å². The van der Waals surface area contributed by atoms with Crippen LogP contribution in [0.5, 0.6) is 0 Å². The van der Waals surface area contributed by atoms with E-state index >= 15 is 0 Å². The first-order chi connectivity index (χ1) is 9.10. The van der Waals surface area contributed by atoms with Crippen molar-refractivity contribution in [3.8, 4) is 0 Å². The van der Waals surface area contributed by atoms with Crippen LogP contribution in [0.15, 0.2) is 42.5 Å². The molecule has 0 radical (unpaired) electrons. The molecule has 1 unspecified atom stereocenters. The lowest BCUT2D eigenvalue weighted by Crippen LogP contribution is -2.29. The number of rotatable bonds is 4. The quantitative estimate of drug-likeness (QED) is 0.663. The molecule has 0 spiro atoms. The van der Waals surface area contributed by atoms with Crippen molar-refractivity contribution < 1.29 is 4.39 Å². The predicted molar refractivity (Wildman–Crippen MR) is 76.4 cm³/mol. The molecule has 19 heavy (non-hydrogen) atoms. The van der Waals surface area contributed by atoms with Gasteiger partial charge in [-0.25, -0.2) is 4.39 Å². The highest BCUT2D eigenvalue weighted by atomic mass is 35.5. The topological polar surface area (TPSA) is 38.0 Å². The Morgan fingerprint density at radius 1 is 1.26 bits per heavy atom. The molecule has 0 saturated heterocycles. The van der Waals surface area contributed by atoms with Gasteiger partial charge < -0.3 is 0 Å². The fourth-order valence-corrected chi connectivity index (χ4v) is 2.27. The van der Waals surface area contributed by atoms with Crippen molar-refractivity contribution in [3.05, 3.63) is 70.0 Å². The maximum atomic E-state index is 13.3. The first kappa shape index (κ1) is 14.0. The zero-order chi connectivity index (χ0) is 13.8. The van der Waals surface area contributed by atoms with Gasteiger partial charge in [0.1, 0.15) is 5.82 Å². The first-order valence-electron chi connectivity index (χ1n) is 6.07. The summed E-state index contributed by atoms with van der Waals surface area (Å²) in [4.78, 5) is 0. The molecule has 3 N–H and O–H groups in total. The summed E-state index contributed by atoms with van der Waals surface area (Å²) in [5, 5.41) is 0.661. The van der Waals surface area contributed by atoms with E-state index in [1.807, 2.05) is 31.2 Å². The number of hydrazine groups is 1. The largest absolute Gasteiger partial charge is 0.271 e. The summed E-state index contributed by atoms with van der Waals surface area (Å²) in [6.07, 6.45) is 0.612. The van der Waals surface area contributed by atoms with E-state index in [2.05, 4.69) is 5.43 Å². The summed E-state index contributed by atoms with van der Waals surface area (Å²) in [7, 11) is 0. The van der Waals surface area contributed by atoms with Crippen LogP contribution in [0, 0.1) is 12.7 Å². The Balaban J connectivity index is 2.26. The van der Waals surface area contributed by atoms with Gasteiger partial charge in [0, 0.05) is 5.02 Å². The van der Waals surface area contributed by atoms with Crippen LogP contribution < -0.4 is 11.3 Å². The molecule has 4 heteroatoms. The highest BCUT2D eigenvalue weighted by Crippen LogP contribution is 2.22. The summed E-state index contributed by atoms with van der Waals surface area (Å²) < 4.78 is 13.3. The van der Waals surface area contributed by atoms with Gasteiger partial charge in [-0.2, -0.15) is 0 Å². The number of benzene rings is 2. The summed E-state index contributed by atoms with van der Waals surface area (Å²) in [5.41, 5.74) is 5.72. The molecule has 1 atom stereocenters. The van der Waals surface area contributed by atoms with Crippen molar-refractivity contribution in [1.82, 2.24) is 5.43 Å². The molecular formula is C15H16ClFN2. The van der Waals surface area contributed by atoms with Crippen LogP contribution in [0.25, 0.3) is 0 Å². The standard InChI is InChI=1S/C15H16ClFN2/c1-10-5-6-14(17)8-12(10)9-15(19-18)11-3-2-4-13(16)7-11/h2-8,15,19H,9,18H2,1H3. The Labute approximate surface area is 117 Å². The van der Waals surface area contributed by atoms with E-state index in [1.54, 1.807) is 12.1 Å². The van der Waals surface area contributed by atoms with Crippen LogP contribution in [0.4, 0.5) is 4.39 Å². The molecule has 0 aromatic heterocycles. The van der Waals surface area contributed by atoms with Crippen LogP contribution >= 0.6 is 11.6 Å². The molecular weight excluding hydrogens is 263 g/mol. The van der Waals surface area contributed by atoms with Gasteiger partial charge in [0.25, 0.3) is 0 Å². The second-order valence-corrected chi connectivity index (χ2v) is 4.99. The Bertz CT molecular complexity index is 572. The molecule has 0 saturated carbocycles. The highest BCUT2D eigenvalue weighted by Gasteiger charge is 2.12. The highest BCUT2D eigenvalue weighted by molar-refractivity contribution is 6.30. The smallest absolute Gasteiger partial charge is 0.123 e. The molecule has 0 aliphatic carbocycles. The Morgan fingerprint density at radius 2 is 2.05 bits per heavy atom. The number of nitrogens with one attached hydrogen (secondary N) is 1. The number of halogens is 2. The second-order valence-electron chi connectivity index (χ2n) is 4.55. The van der Waals surface area contributed by atoms with E-state index in [0.29, 0.717) is 11.4 Å². The molecule has 2 aromatic rings. The van der Waals surface area contributed by atoms with Gasteiger partial charge in [0.2, 0.25) is 0 Å². The lowest BCUT2D eigenvalue weighted by molar-refractivity contribution is 0.547. The second kappa shape index (κ2) is 6.15. The molecule has 0 bridgehead atoms. The minimum Gasteiger partial charge on any atom is -0.271 e. The van der Waals surface area contributed by atoms with Crippen molar-refractivity contribution in [2.45, 2.75) is 19.4 Å². The first-order valence-corrected chi connectivity index (χ1v) is 6.44. The third-order valence-corrected chi connectivity index (χ3v) is 3.42. The normalized spacial score (nSPS) is 12.4. The molecule has 0 heterocycles. The molecule has 0 amide bonds. The maximum Gasteiger partial charge on any atom is 0.123 e. The molecule has 0 aliphatic rings. The Kier molecular flexibility index (Phi) is 4.53. The van der Waals surface area contributed by atoms with E-state index in [0.717, 1.165) is 16.7 Å². The third kappa shape index (κ3) is 3.53. The van der Waals surface area contributed by atoms with Gasteiger partial charge in [-0.05, 0) is 54.3 Å². The predicted octanol–water partition coefficient (Wildman–Crippen LogP) is 3.53. The fourth-order valence-electron chi connectivity index (χ4n) is 2.08. The molecule has 0 fully saturated rings. The van der Waals surface area contributed by atoms with E-state index in [-0.39, 0.29) is 11.9 Å². The monoisotopic (exact) mass is 278 g/mol. The lowest BCUT2D eigenvalue weighted by atomic mass is 9.96. The van der Waals surface area contributed by atoms with Crippen LogP contribution in [-0.4, -0.2) is 0 Å². The van der Waals surface area contributed by atoms with E-state index < -0.39 is 0 Å². The van der Waals surface area contributed by atoms with Crippen LogP contribution in [-0.2, 0) is 6.42 Å². The minimum atomic E-state index is -0.234. The van der Waals surface area contributed by atoms with Crippen molar-refractivity contribution in [2.24, 2.45) is 5.84 Å². The van der Waals surface area contributed by atoms with E-state index in [4.69, 9.17) is 17.4 Å². The lowest BCUT2D eigenvalue weighted by Gasteiger charge is -2.18. The maximum absolute atomic E-state index is 13.3. The van der Waals surface area contributed by atoms with Gasteiger partial charge in [0.05, 0.1) is 6.04 Å². The van der Waals surface area contributed by atoms with E-state index in [1.165, 1.54) is 6.07 Å². The number of nitrogens with two attached hydrogens (primary N) is 1. The molecule has 100 valence electrons. The molecule has 2 nitrogen and oxygen atoms in total. The number of hydrogen-bond acceptors (Lipinski definition) is 2. The Morgan fingerprint density at radius 3 is 2.74 bits per heavy atom. The molecule has 2 rings (SSSR count). The SMILES string of the molecule is Cc1ccc(F)cc1CC(NN)c1cccc(Cl)c1. The van der Waals surface area contributed by atoms with E-state index in [9.17, 15) is 4.39 Å². The van der Waals surface area contributed by atoms with Gasteiger partial charge in [-0.15, -0.1) is 0 Å². The number of hydrogen-bond donors (Lipinski definition) is 2. The van der Waals surface area contributed by atoms with Crippen LogP contribution in [0.3, 0.4) is 0 Å². The summed E-state index contributed by atoms with van der Waals surface area (Å²) in [5.74, 6) is 5.37. The van der Waals surface area contributed by atoms with Gasteiger partial charge in [-0.3, -0.25) is 11.3 Å². The zero-order valence-electron chi connectivity index (χ0n) is 10.7. The van der Waals surface area contributed by atoms with Gasteiger partial charge in [-0.1, -0.05) is 29.8 Å². The average molecular weight is 279 g/mol. The van der Waals surface area contributed by atoms with Crippen LogP contribution in [0.2, 0.25) is 5.02 Å². The average Bonchev–Trinajstić information content (AvgIpc) is 2.39. The van der Waals surface area contributed by atoms with Crippen molar-refractivity contribution >= 4 is 11.6 Å². The van der Waals surface area contributed by atoms with Crippen molar-refractivity contribution in [1.29, 1.82) is 0 Å². The van der Waals surface area contributed by atoms with Crippen LogP contribution in [0.1, 0.15) is 22.7 Å². The summed E-state index contributed by atoms with van der Waals surface area (Å²) in [6.45, 7) is 1.96. The fraction of sp³-hybridized carbons (Fsp3) is 0.200. The molecule has 2 aromatic carbocycles. The third-order valence-electron chi connectivity index (χ3n) is 3.19. The Hall–Kier alpha value is -1.42.